The standard InChI is InChI=1S/C23H26N2O4/c1-28-19-12-17(13-20(14-19)29-2)22(26)24-18-7-8-21-16(11-18)9-10-25(21)23(27)15-5-3-4-6-15/h7-8,11-15H,3-6,9-10H2,1-2H3,(H,24,26). The maximum atomic E-state index is 12.8. The first kappa shape index (κ1) is 19.3. The second kappa shape index (κ2) is 8.15. The van der Waals surface area contributed by atoms with E-state index in [9.17, 15) is 9.59 Å². The van der Waals surface area contributed by atoms with Crippen LogP contribution in [0.5, 0.6) is 11.5 Å². The van der Waals surface area contributed by atoms with Gasteiger partial charge in [0, 0.05) is 35.5 Å². The summed E-state index contributed by atoms with van der Waals surface area (Å²) in [5.74, 6) is 1.30. The summed E-state index contributed by atoms with van der Waals surface area (Å²) in [7, 11) is 3.10. The number of hydrogen-bond donors (Lipinski definition) is 1. The smallest absolute Gasteiger partial charge is 0.255 e. The van der Waals surface area contributed by atoms with Gasteiger partial charge in [-0.25, -0.2) is 0 Å². The SMILES string of the molecule is COc1cc(OC)cc(C(=O)Nc2ccc3c(c2)CCN3C(=O)C2CCCC2)c1. The van der Waals surface area contributed by atoms with Gasteiger partial charge in [0.25, 0.3) is 5.91 Å². The fourth-order valence-corrected chi connectivity index (χ4v) is 4.24. The molecule has 2 aromatic carbocycles. The number of hydrogen-bond acceptors (Lipinski definition) is 4. The molecule has 1 N–H and O–H groups in total. The third kappa shape index (κ3) is 3.92. The highest BCUT2D eigenvalue weighted by atomic mass is 16.5. The van der Waals surface area contributed by atoms with E-state index in [1.165, 1.54) is 0 Å². The Kier molecular flexibility index (Phi) is 5.43. The number of carbonyl (C=O) groups excluding carboxylic acids is 2. The minimum atomic E-state index is -0.237. The maximum absolute atomic E-state index is 12.8. The van der Waals surface area contributed by atoms with Crippen molar-refractivity contribution in [2.24, 2.45) is 5.92 Å². The lowest BCUT2D eigenvalue weighted by molar-refractivity contribution is -0.122. The molecule has 1 fully saturated rings. The highest BCUT2D eigenvalue weighted by molar-refractivity contribution is 6.05. The average molecular weight is 394 g/mol. The predicted octanol–water partition coefficient (Wildman–Crippen LogP) is 4.04. The zero-order chi connectivity index (χ0) is 20.4. The number of rotatable bonds is 5. The zero-order valence-corrected chi connectivity index (χ0v) is 16.9. The largest absolute Gasteiger partial charge is 0.497 e. The molecule has 4 rings (SSSR count). The number of carbonyl (C=O) groups is 2. The van der Waals surface area contributed by atoms with Crippen LogP contribution < -0.4 is 19.7 Å². The Hall–Kier alpha value is -3.02. The first-order valence-corrected chi connectivity index (χ1v) is 10.1. The summed E-state index contributed by atoms with van der Waals surface area (Å²) in [4.78, 5) is 27.4. The van der Waals surface area contributed by atoms with E-state index in [4.69, 9.17) is 9.47 Å². The molecule has 1 heterocycles. The lowest BCUT2D eigenvalue weighted by Crippen LogP contribution is -2.33. The maximum Gasteiger partial charge on any atom is 0.255 e. The molecule has 2 amide bonds. The summed E-state index contributed by atoms with van der Waals surface area (Å²) >= 11 is 0. The van der Waals surface area contributed by atoms with Crippen LogP contribution in [0.25, 0.3) is 0 Å². The number of ether oxygens (including phenoxy) is 2. The molecule has 29 heavy (non-hydrogen) atoms. The van der Waals surface area contributed by atoms with Gasteiger partial charge in [-0.15, -0.1) is 0 Å². The van der Waals surface area contributed by atoms with Crippen LogP contribution in [-0.4, -0.2) is 32.6 Å². The number of methoxy groups -OCH3 is 2. The fraction of sp³-hybridized carbons (Fsp3) is 0.391. The molecular formula is C23H26N2O4. The van der Waals surface area contributed by atoms with Gasteiger partial charge in [0.05, 0.1) is 14.2 Å². The van der Waals surface area contributed by atoms with E-state index >= 15 is 0 Å². The number of anilines is 2. The second-order valence-corrected chi connectivity index (χ2v) is 7.62. The van der Waals surface area contributed by atoms with Gasteiger partial charge in [0.1, 0.15) is 11.5 Å². The van der Waals surface area contributed by atoms with Crippen LogP contribution in [0, 0.1) is 5.92 Å². The Bertz CT molecular complexity index is 912. The van der Waals surface area contributed by atoms with Gasteiger partial charge in [-0.05, 0) is 55.2 Å². The Morgan fingerprint density at radius 1 is 1.00 bits per heavy atom. The van der Waals surface area contributed by atoms with Crippen molar-refractivity contribution in [3.05, 3.63) is 47.5 Å². The molecule has 152 valence electrons. The molecule has 0 unspecified atom stereocenters. The Morgan fingerprint density at radius 2 is 1.69 bits per heavy atom. The average Bonchev–Trinajstić information content (AvgIpc) is 3.42. The first-order chi connectivity index (χ1) is 14.1. The van der Waals surface area contributed by atoms with E-state index in [0.717, 1.165) is 49.9 Å². The molecule has 1 aliphatic heterocycles. The van der Waals surface area contributed by atoms with E-state index < -0.39 is 0 Å². The summed E-state index contributed by atoms with van der Waals surface area (Å²) in [6.07, 6.45) is 5.12. The molecule has 1 aliphatic carbocycles. The van der Waals surface area contributed by atoms with Crippen LogP contribution >= 0.6 is 0 Å². The van der Waals surface area contributed by atoms with Gasteiger partial charge in [0.15, 0.2) is 0 Å². The summed E-state index contributed by atoms with van der Waals surface area (Å²) in [6, 6.07) is 10.8. The normalized spacial score (nSPS) is 15.9. The van der Waals surface area contributed by atoms with Crippen LogP contribution in [0.3, 0.4) is 0 Å². The van der Waals surface area contributed by atoms with Crippen LogP contribution in [0.4, 0.5) is 11.4 Å². The minimum Gasteiger partial charge on any atom is -0.497 e. The Labute approximate surface area is 170 Å². The molecule has 0 atom stereocenters. The molecule has 0 saturated heterocycles. The van der Waals surface area contributed by atoms with Crippen molar-refractivity contribution in [3.8, 4) is 11.5 Å². The summed E-state index contributed by atoms with van der Waals surface area (Å²) < 4.78 is 10.5. The molecule has 0 bridgehead atoms. The van der Waals surface area contributed by atoms with Gasteiger partial charge < -0.3 is 19.7 Å². The molecule has 0 radical (unpaired) electrons. The van der Waals surface area contributed by atoms with Gasteiger partial charge in [0.2, 0.25) is 5.91 Å². The number of nitrogens with zero attached hydrogens (tertiary/aromatic N) is 1. The third-order valence-corrected chi connectivity index (χ3v) is 5.82. The third-order valence-electron chi connectivity index (χ3n) is 5.82. The van der Waals surface area contributed by atoms with Crippen molar-refractivity contribution in [1.82, 2.24) is 0 Å². The lowest BCUT2D eigenvalue weighted by Gasteiger charge is -2.21. The Morgan fingerprint density at radius 3 is 2.34 bits per heavy atom. The summed E-state index contributed by atoms with van der Waals surface area (Å²) in [5, 5.41) is 2.94. The molecule has 1 saturated carbocycles. The van der Waals surface area contributed by atoms with Crippen molar-refractivity contribution in [2.45, 2.75) is 32.1 Å². The molecule has 2 aromatic rings. The monoisotopic (exact) mass is 394 g/mol. The van der Waals surface area contributed by atoms with Crippen molar-refractivity contribution in [1.29, 1.82) is 0 Å². The van der Waals surface area contributed by atoms with E-state index in [1.54, 1.807) is 32.4 Å². The van der Waals surface area contributed by atoms with Gasteiger partial charge >= 0.3 is 0 Å². The van der Waals surface area contributed by atoms with Crippen molar-refractivity contribution in [2.75, 3.05) is 31.0 Å². The molecule has 0 aromatic heterocycles. The minimum absolute atomic E-state index is 0.170. The molecule has 6 nitrogen and oxygen atoms in total. The zero-order valence-electron chi connectivity index (χ0n) is 16.9. The van der Waals surface area contributed by atoms with Crippen LogP contribution in [0.1, 0.15) is 41.6 Å². The topological polar surface area (TPSA) is 67.9 Å². The van der Waals surface area contributed by atoms with Crippen molar-refractivity contribution >= 4 is 23.2 Å². The van der Waals surface area contributed by atoms with Crippen LogP contribution in [0.2, 0.25) is 0 Å². The van der Waals surface area contributed by atoms with Crippen molar-refractivity contribution in [3.63, 3.8) is 0 Å². The molecule has 6 heteroatoms. The fourth-order valence-electron chi connectivity index (χ4n) is 4.24. The van der Waals surface area contributed by atoms with E-state index in [1.807, 2.05) is 23.1 Å². The predicted molar refractivity (Wildman–Crippen MR) is 112 cm³/mol. The lowest BCUT2D eigenvalue weighted by atomic mass is 10.1. The molecule has 2 aliphatic rings. The highest BCUT2D eigenvalue weighted by Gasteiger charge is 2.31. The highest BCUT2D eigenvalue weighted by Crippen LogP contribution is 2.35. The van der Waals surface area contributed by atoms with Crippen LogP contribution in [-0.2, 0) is 11.2 Å². The Balaban J connectivity index is 1.50. The van der Waals surface area contributed by atoms with Gasteiger partial charge in [-0.3, -0.25) is 9.59 Å². The summed E-state index contributed by atoms with van der Waals surface area (Å²) in [5.41, 5.74) is 3.24. The van der Waals surface area contributed by atoms with E-state index in [0.29, 0.717) is 22.7 Å². The summed E-state index contributed by atoms with van der Waals surface area (Å²) in [6.45, 7) is 0.717. The second-order valence-electron chi connectivity index (χ2n) is 7.62. The van der Waals surface area contributed by atoms with Gasteiger partial charge in [-0.2, -0.15) is 0 Å². The van der Waals surface area contributed by atoms with Crippen molar-refractivity contribution < 1.29 is 19.1 Å². The van der Waals surface area contributed by atoms with E-state index in [-0.39, 0.29) is 17.7 Å². The number of nitrogens with one attached hydrogen (secondary N) is 1. The number of amides is 2. The van der Waals surface area contributed by atoms with E-state index in [2.05, 4.69) is 5.32 Å². The molecule has 0 spiro atoms. The molecular weight excluding hydrogens is 368 g/mol. The van der Waals surface area contributed by atoms with Gasteiger partial charge in [-0.1, -0.05) is 12.8 Å². The first-order valence-electron chi connectivity index (χ1n) is 10.1. The van der Waals surface area contributed by atoms with Crippen LogP contribution in [0.15, 0.2) is 36.4 Å². The number of fused-ring (bicyclic) bond motifs is 1. The quantitative estimate of drug-likeness (QED) is 0.831. The number of benzene rings is 2.